The molecule has 3 heteroatoms. The second-order valence-electron chi connectivity index (χ2n) is 9.24. The van der Waals surface area contributed by atoms with Crippen LogP contribution >= 0.6 is 0 Å². The predicted molar refractivity (Wildman–Crippen MR) is 136 cm³/mol. The molecule has 0 radical (unpaired) electrons. The molecule has 0 heterocycles. The molecule has 3 rings (SSSR count). The Hall–Kier alpha value is -2.42. The summed E-state index contributed by atoms with van der Waals surface area (Å²) in [6.07, 6.45) is 19.0. The highest BCUT2D eigenvalue weighted by molar-refractivity contribution is 5.93. The first-order valence-corrected chi connectivity index (χ1v) is 12.4. The maximum atomic E-state index is 14.3. The number of hydrogen-bond acceptors (Lipinski definition) is 2. The van der Waals surface area contributed by atoms with Gasteiger partial charge in [0.15, 0.2) is 0 Å². The Labute approximate surface area is 193 Å². The molecule has 2 N–H and O–H groups in total. The Morgan fingerprint density at radius 1 is 1.28 bits per heavy atom. The molecule has 32 heavy (non-hydrogen) atoms. The zero-order valence-electron chi connectivity index (χ0n) is 19.9. The molecule has 1 saturated carbocycles. The van der Waals surface area contributed by atoms with Gasteiger partial charge in [-0.15, -0.1) is 6.58 Å². The van der Waals surface area contributed by atoms with Crippen LogP contribution in [-0.4, -0.2) is 5.71 Å². The number of benzene rings is 1. The summed E-state index contributed by atoms with van der Waals surface area (Å²) in [7, 11) is 0. The lowest BCUT2D eigenvalue weighted by molar-refractivity contribution is 0.522. The maximum Gasteiger partial charge on any atom is 0.146 e. The Morgan fingerprint density at radius 3 is 2.78 bits per heavy atom. The van der Waals surface area contributed by atoms with Crippen LogP contribution in [0.2, 0.25) is 0 Å². The average Bonchev–Trinajstić information content (AvgIpc) is 3.63. The van der Waals surface area contributed by atoms with Crippen LogP contribution in [0.25, 0.3) is 0 Å². The minimum absolute atomic E-state index is 0.245. The molecule has 2 nitrogen and oxygen atoms in total. The number of allylic oxidation sites excluding steroid dienone is 7. The van der Waals surface area contributed by atoms with Crippen LogP contribution in [-0.2, 0) is 6.42 Å². The van der Waals surface area contributed by atoms with E-state index in [4.69, 9.17) is 5.41 Å². The van der Waals surface area contributed by atoms with Crippen molar-refractivity contribution in [3.05, 3.63) is 77.3 Å². The van der Waals surface area contributed by atoms with Crippen LogP contribution in [0.1, 0.15) is 77.2 Å². The summed E-state index contributed by atoms with van der Waals surface area (Å²) in [5.41, 5.74) is 6.08. The third-order valence-corrected chi connectivity index (χ3v) is 6.58. The summed E-state index contributed by atoms with van der Waals surface area (Å²) in [6.45, 7) is 8.14. The third kappa shape index (κ3) is 7.05. The molecular weight excluding hydrogens is 395 g/mol. The van der Waals surface area contributed by atoms with Crippen LogP contribution in [0.15, 0.2) is 65.9 Å². The van der Waals surface area contributed by atoms with Crippen LogP contribution in [0.5, 0.6) is 0 Å². The molecule has 1 aromatic carbocycles. The Balaban J connectivity index is 1.62. The molecule has 1 aromatic rings. The maximum absolute atomic E-state index is 14.3. The van der Waals surface area contributed by atoms with Gasteiger partial charge in [0.1, 0.15) is 5.82 Å². The minimum atomic E-state index is -0.245. The largest absolute Gasteiger partial charge is 0.356 e. The third-order valence-electron chi connectivity index (χ3n) is 6.58. The van der Waals surface area contributed by atoms with Crippen LogP contribution in [0.3, 0.4) is 0 Å². The SMILES string of the molecule is C=CCC(C1=CC(CCC(=N)/C=C(/CCC)Nc2cc(CC)ccc2F)=CCC1)C1CC1. The number of rotatable bonds is 13. The van der Waals surface area contributed by atoms with Gasteiger partial charge in [-0.25, -0.2) is 4.39 Å². The molecule has 2 aliphatic carbocycles. The van der Waals surface area contributed by atoms with Gasteiger partial charge in [-0.05, 0) is 93.4 Å². The number of anilines is 1. The molecule has 2 aliphatic rings. The summed E-state index contributed by atoms with van der Waals surface area (Å²) >= 11 is 0. The fraction of sp³-hybridized carbons (Fsp3) is 0.483. The molecule has 172 valence electrons. The minimum Gasteiger partial charge on any atom is -0.356 e. The van der Waals surface area contributed by atoms with Gasteiger partial charge in [-0.3, -0.25) is 0 Å². The quantitative estimate of drug-likeness (QED) is 0.237. The second kappa shape index (κ2) is 12.0. The van der Waals surface area contributed by atoms with Crippen molar-refractivity contribution in [2.45, 2.75) is 78.1 Å². The zero-order valence-corrected chi connectivity index (χ0v) is 19.9. The van der Waals surface area contributed by atoms with Crippen molar-refractivity contribution in [3.8, 4) is 0 Å². The summed E-state index contributed by atoms with van der Waals surface area (Å²) in [6, 6.07) is 5.23. The van der Waals surface area contributed by atoms with Gasteiger partial charge in [-0.1, -0.05) is 55.7 Å². The monoisotopic (exact) mass is 434 g/mol. The van der Waals surface area contributed by atoms with Gasteiger partial charge in [0.05, 0.1) is 5.69 Å². The normalized spacial score (nSPS) is 17.4. The van der Waals surface area contributed by atoms with Gasteiger partial charge in [0.2, 0.25) is 0 Å². The first-order valence-electron chi connectivity index (χ1n) is 12.4. The number of hydrogen-bond donors (Lipinski definition) is 2. The molecule has 0 bridgehead atoms. The van der Waals surface area contributed by atoms with E-state index in [2.05, 4.69) is 44.0 Å². The zero-order chi connectivity index (χ0) is 22.9. The Kier molecular flexibility index (Phi) is 9.08. The summed E-state index contributed by atoms with van der Waals surface area (Å²) in [5, 5.41) is 11.8. The molecular formula is C29H39FN2. The van der Waals surface area contributed by atoms with Crippen LogP contribution < -0.4 is 5.32 Å². The fourth-order valence-electron chi connectivity index (χ4n) is 4.65. The highest BCUT2D eigenvalue weighted by Gasteiger charge is 2.32. The molecule has 0 aliphatic heterocycles. The highest BCUT2D eigenvalue weighted by atomic mass is 19.1. The fourth-order valence-corrected chi connectivity index (χ4v) is 4.65. The van der Waals surface area contributed by atoms with Crippen molar-refractivity contribution in [1.29, 1.82) is 5.41 Å². The van der Waals surface area contributed by atoms with Crippen LogP contribution in [0, 0.1) is 23.1 Å². The van der Waals surface area contributed by atoms with Crippen molar-refractivity contribution in [3.63, 3.8) is 0 Å². The van der Waals surface area contributed by atoms with Crippen molar-refractivity contribution in [2.24, 2.45) is 11.8 Å². The van der Waals surface area contributed by atoms with Gasteiger partial charge in [-0.2, -0.15) is 0 Å². The molecule has 1 fully saturated rings. The summed E-state index contributed by atoms with van der Waals surface area (Å²) in [5.74, 6) is 1.28. The second-order valence-corrected chi connectivity index (χ2v) is 9.24. The van der Waals surface area contributed by atoms with Gasteiger partial charge >= 0.3 is 0 Å². The van der Waals surface area contributed by atoms with E-state index in [-0.39, 0.29) is 5.82 Å². The highest BCUT2D eigenvalue weighted by Crippen LogP contribution is 2.44. The Morgan fingerprint density at radius 2 is 2.09 bits per heavy atom. The standard InChI is InChI=1S/C29H39FN2/c1-4-8-26(32-29-19-21(6-3)13-17-28(29)30)20-25(31)16-12-22-10-7-11-24(18-22)27(9-5-2)23-14-15-23/h5,10,13,17-20,23,27,31-32H,2,4,6-9,11-12,14-16H2,1,3H3/b26-20-,31-25?. The summed E-state index contributed by atoms with van der Waals surface area (Å²) in [4.78, 5) is 0. The van der Waals surface area contributed by atoms with Crippen molar-refractivity contribution >= 4 is 11.4 Å². The summed E-state index contributed by atoms with van der Waals surface area (Å²) < 4.78 is 14.3. The lowest BCUT2D eigenvalue weighted by Crippen LogP contribution is -2.09. The first-order chi connectivity index (χ1) is 15.5. The van der Waals surface area contributed by atoms with Gasteiger partial charge < -0.3 is 10.7 Å². The van der Waals surface area contributed by atoms with E-state index in [1.165, 1.54) is 30.9 Å². The molecule has 1 atom stereocenters. The molecule has 0 aromatic heterocycles. The lowest BCUT2D eigenvalue weighted by atomic mass is 9.83. The topological polar surface area (TPSA) is 35.9 Å². The van der Waals surface area contributed by atoms with Crippen molar-refractivity contribution < 1.29 is 4.39 Å². The van der Waals surface area contributed by atoms with E-state index in [1.807, 2.05) is 18.2 Å². The molecule has 0 saturated heterocycles. The molecule has 0 spiro atoms. The first kappa shape index (κ1) is 24.2. The van der Waals surface area contributed by atoms with E-state index in [9.17, 15) is 4.39 Å². The van der Waals surface area contributed by atoms with Crippen molar-refractivity contribution in [2.75, 3.05) is 5.32 Å². The molecule has 0 amide bonds. The smallest absolute Gasteiger partial charge is 0.146 e. The van der Waals surface area contributed by atoms with E-state index < -0.39 is 0 Å². The predicted octanol–water partition coefficient (Wildman–Crippen LogP) is 8.53. The van der Waals surface area contributed by atoms with E-state index in [0.29, 0.717) is 23.7 Å². The number of aryl methyl sites for hydroxylation is 1. The number of nitrogens with one attached hydrogen (secondary N) is 2. The Bertz CT molecular complexity index is 902. The van der Waals surface area contributed by atoms with Crippen LogP contribution in [0.4, 0.5) is 10.1 Å². The van der Waals surface area contributed by atoms with E-state index in [1.54, 1.807) is 5.57 Å². The number of halogens is 1. The lowest BCUT2D eigenvalue weighted by Gasteiger charge is -2.22. The molecule has 1 unspecified atom stereocenters. The van der Waals surface area contributed by atoms with Gasteiger partial charge in [0, 0.05) is 11.4 Å². The average molecular weight is 435 g/mol. The van der Waals surface area contributed by atoms with E-state index in [0.717, 1.165) is 55.7 Å². The van der Waals surface area contributed by atoms with Crippen molar-refractivity contribution in [1.82, 2.24) is 0 Å². The van der Waals surface area contributed by atoms with E-state index >= 15 is 0 Å². The van der Waals surface area contributed by atoms with Gasteiger partial charge in [0.25, 0.3) is 0 Å².